The second kappa shape index (κ2) is 8.86. The molecule has 0 aromatic heterocycles. The smallest absolute Gasteiger partial charge is 0.385 e. The molecule has 0 bridgehead atoms. The quantitative estimate of drug-likeness (QED) is 0.643. The first-order chi connectivity index (χ1) is 14.6. The van der Waals surface area contributed by atoms with Crippen LogP contribution in [0.25, 0.3) is 5.76 Å². The van der Waals surface area contributed by atoms with Crippen LogP contribution in [0.1, 0.15) is 17.0 Å². The molecule has 0 saturated carbocycles. The van der Waals surface area contributed by atoms with E-state index in [2.05, 4.69) is 6.07 Å². The van der Waals surface area contributed by atoms with Crippen LogP contribution in [0.5, 0.6) is 5.75 Å². The summed E-state index contributed by atoms with van der Waals surface area (Å²) in [7, 11) is 7.37. The van der Waals surface area contributed by atoms with Crippen molar-refractivity contribution >= 4 is 5.76 Å². The van der Waals surface area contributed by atoms with Crippen LogP contribution in [-0.4, -0.2) is 47.3 Å². The molecule has 0 radical (unpaired) electrons. The molecule has 1 aliphatic heterocycles. The zero-order chi connectivity index (χ0) is 21.8. The molecule has 0 amide bonds. The van der Waals surface area contributed by atoms with E-state index < -0.39 is 17.7 Å². The Morgan fingerprint density at radius 3 is 1.90 bits per heavy atom. The lowest BCUT2D eigenvalue weighted by atomic mass is 9.79. The molecule has 2 aromatic carbocycles. The van der Waals surface area contributed by atoms with Crippen molar-refractivity contribution in [2.75, 3.05) is 35.5 Å². The fourth-order valence-corrected chi connectivity index (χ4v) is 3.88. The molecular formula is C23H25NO6. The highest BCUT2D eigenvalue weighted by Gasteiger charge is 2.67. The Bertz CT molecular complexity index is 924. The Labute approximate surface area is 176 Å². The maximum absolute atomic E-state index is 10.2. The lowest BCUT2D eigenvalue weighted by Crippen LogP contribution is -2.65. The predicted octanol–water partition coefficient (Wildman–Crippen LogP) is 3.68. The minimum Gasteiger partial charge on any atom is -0.497 e. The second-order valence-corrected chi connectivity index (χ2v) is 6.57. The van der Waals surface area contributed by atoms with E-state index in [0.29, 0.717) is 22.6 Å². The van der Waals surface area contributed by atoms with Gasteiger partial charge < -0.3 is 28.4 Å². The van der Waals surface area contributed by atoms with Crippen LogP contribution in [0.2, 0.25) is 0 Å². The predicted molar refractivity (Wildman–Crippen MR) is 109 cm³/mol. The molecule has 0 N–H and O–H groups in total. The van der Waals surface area contributed by atoms with Crippen LogP contribution < -0.4 is 4.74 Å². The molecule has 0 saturated heterocycles. The van der Waals surface area contributed by atoms with Gasteiger partial charge in [-0.25, -0.2) is 0 Å². The molecule has 3 rings (SSSR count). The normalized spacial score (nSPS) is 19.7. The standard InChI is InChI=1S/C23H25NO6/c1-25-18-13-11-16(12-14-18)20-19(15-24)21(17-9-7-6-8-10-17)30-23(28-4,29-5)22(20,26-2)27-3/h6-14,20H,1-5H3. The van der Waals surface area contributed by atoms with E-state index in [9.17, 15) is 5.26 Å². The van der Waals surface area contributed by atoms with Crippen LogP contribution in [0, 0.1) is 11.3 Å². The molecule has 0 fully saturated rings. The largest absolute Gasteiger partial charge is 0.497 e. The number of rotatable bonds is 7. The third-order valence-electron chi connectivity index (χ3n) is 5.33. The molecule has 0 spiro atoms. The number of ether oxygens (including phenoxy) is 6. The molecule has 1 atom stereocenters. The first-order valence-corrected chi connectivity index (χ1v) is 9.29. The van der Waals surface area contributed by atoms with E-state index in [1.807, 2.05) is 42.5 Å². The highest BCUT2D eigenvalue weighted by Crippen LogP contribution is 2.54. The van der Waals surface area contributed by atoms with Crippen LogP contribution in [0.4, 0.5) is 0 Å². The Morgan fingerprint density at radius 2 is 1.43 bits per heavy atom. The molecule has 1 aliphatic rings. The summed E-state index contributed by atoms with van der Waals surface area (Å²) in [4.78, 5) is 0. The maximum Gasteiger partial charge on any atom is 0.385 e. The summed E-state index contributed by atoms with van der Waals surface area (Å²) in [6.07, 6.45) is 0. The van der Waals surface area contributed by atoms with Gasteiger partial charge in [-0.3, -0.25) is 0 Å². The second-order valence-electron chi connectivity index (χ2n) is 6.57. The summed E-state index contributed by atoms with van der Waals surface area (Å²) in [5.74, 6) is -3.12. The van der Waals surface area contributed by atoms with E-state index in [1.54, 1.807) is 19.2 Å². The van der Waals surface area contributed by atoms with Crippen LogP contribution in [-0.2, 0) is 23.7 Å². The highest BCUT2D eigenvalue weighted by molar-refractivity contribution is 5.71. The van der Waals surface area contributed by atoms with Crippen LogP contribution in [0.15, 0.2) is 60.2 Å². The third kappa shape index (κ3) is 3.24. The highest BCUT2D eigenvalue weighted by atomic mass is 16.9. The van der Waals surface area contributed by atoms with E-state index in [1.165, 1.54) is 28.4 Å². The van der Waals surface area contributed by atoms with Gasteiger partial charge in [-0.1, -0.05) is 42.5 Å². The third-order valence-corrected chi connectivity index (χ3v) is 5.33. The van der Waals surface area contributed by atoms with Gasteiger partial charge in [-0.05, 0) is 17.7 Å². The first-order valence-electron chi connectivity index (χ1n) is 9.29. The fraction of sp³-hybridized carbons (Fsp3) is 0.348. The fourth-order valence-electron chi connectivity index (χ4n) is 3.88. The van der Waals surface area contributed by atoms with Crippen molar-refractivity contribution < 1.29 is 28.4 Å². The Morgan fingerprint density at radius 1 is 0.833 bits per heavy atom. The molecular weight excluding hydrogens is 386 g/mol. The Kier molecular flexibility index (Phi) is 6.44. The molecule has 7 heteroatoms. The molecule has 0 aliphatic carbocycles. The topological polar surface area (TPSA) is 79.2 Å². The van der Waals surface area contributed by atoms with Crippen molar-refractivity contribution in [2.24, 2.45) is 0 Å². The average Bonchev–Trinajstić information content (AvgIpc) is 2.83. The van der Waals surface area contributed by atoms with Gasteiger partial charge in [0.2, 0.25) is 0 Å². The van der Waals surface area contributed by atoms with Gasteiger partial charge in [-0.2, -0.15) is 5.26 Å². The molecule has 2 aromatic rings. The Hall–Kier alpha value is -2.89. The lowest BCUT2D eigenvalue weighted by Gasteiger charge is -2.51. The molecule has 1 heterocycles. The van der Waals surface area contributed by atoms with Gasteiger partial charge in [0.05, 0.1) is 24.7 Å². The number of hydrogen-bond donors (Lipinski definition) is 0. The first kappa shape index (κ1) is 21.8. The van der Waals surface area contributed by atoms with E-state index in [4.69, 9.17) is 28.4 Å². The van der Waals surface area contributed by atoms with Crippen LogP contribution >= 0.6 is 0 Å². The Balaban J connectivity index is 2.36. The molecule has 30 heavy (non-hydrogen) atoms. The number of methoxy groups -OCH3 is 5. The van der Waals surface area contributed by atoms with Crippen LogP contribution in [0.3, 0.4) is 0 Å². The van der Waals surface area contributed by atoms with Crippen molar-refractivity contribution in [3.05, 3.63) is 71.3 Å². The number of nitrogens with zero attached hydrogens (tertiary/aromatic N) is 1. The van der Waals surface area contributed by atoms with Crippen molar-refractivity contribution in [1.29, 1.82) is 5.26 Å². The van der Waals surface area contributed by atoms with Crippen molar-refractivity contribution in [3.8, 4) is 11.8 Å². The zero-order valence-electron chi connectivity index (χ0n) is 17.7. The number of hydrogen-bond acceptors (Lipinski definition) is 7. The van der Waals surface area contributed by atoms with Gasteiger partial charge in [0.25, 0.3) is 5.79 Å². The van der Waals surface area contributed by atoms with Gasteiger partial charge in [0.1, 0.15) is 11.5 Å². The van der Waals surface area contributed by atoms with Gasteiger partial charge in [-0.15, -0.1) is 0 Å². The SMILES string of the molecule is COc1ccc(C2C(C#N)=C(c3ccccc3)OC(OC)(OC)C2(OC)OC)cc1. The summed E-state index contributed by atoms with van der Waals surface area (Å²) in [6.45, 7) is 0. The molecule has 7 nitrogen and oxygen atoms in total. The maximum atomic E-state index is 10.2. The summed E-state index contributed by atoms with van der Waals surface area (Å²) in [5.41, 5.74) is 1.76. The van der Waals surface area contributed by atoms with Gasteiger partial charge >= 0.3 is 5.97 Å². The lowest BCUT2D eigenvalue weighted by molar-refractivity contribution is -0.473. The summed E-state index contributed by atoms with van der Waals surface area (Å²) >= 11 is 0. The van der Waals surface area contributed by atoms with Crippen molar-refractivity contribution in [1.82, 2.24) is 0 Å². The molecule has 1 unspecified atom stereocenters. The summed E-state index contributed by atoms with van der Waals surface area (Å²) < 4.78 is 34.6. The van der Waals surface area contributed by atoms with E-state index >= 15 is 0 Å². The van der Waals surface area contributed by atoms with E-state index in [-0.39, 0.29) is 0 Å². The van der Waals surface area contributed by atoms with Gasteiger partial charge in [0, 0.05) is 34.0 Å². The minimum absolute atomic E-state index is 0.319. The number of nitriles is 1. The minimum atomic E-state index is -1.79. The van der Waals surface area contributed by atoms with Crippen molar-refractivity contribution in [2.45, 2.75) is 17.7 Å². The monoisotopic (exact) mass is 411 g/mol. The summed E-state index contributed by atoms with van der Waals surface area (Å²) in [5, 5.41) is 10.2. The summed E-state index contributed by atoms with van der Waals surface area (Å²) in [6, 6.07) is 18.9. The van der Waals surface area contributed by atoms with Gasteiger partial charge in [0.15, 0.2) is 0 Å². The van der Waals surface area contributed by atoms with Crippen molar-refractivity contribution in [3.63, 3.8) is 0 Å². The average molecular weight is 411 g/mol. The molecule has 158 valence electrons. The number of benzene rings is 2. The zero-order valence-corrected chi connectivity index (χ0v) is 17.7. The van der Waals surface area contributed by atoms with E-state index in [0.717, 1.165) is 5.56 Å².